The molecule has 2 aliphatic carbocycles. The van der Waals surface area contributed by atoms with Crippen LogP contribution >= 0.6 is 0 Å². The SMILES string of the molecule is COCCNCC1(C2CCCCC2)CC1. The summed E-state index contributed by atoms with van der Waals surface area (Å²) in [5.74, 6) is 1.03. The Morgan fingerprint density at radius 3 is 2.53 bits per heavy atom. The van der Waals surface area contributed by atoms with Crippen LogP contribution in [-0.2, 0) is 4.74 Å². The van der Waals surface area contributed by atoms with E-state index in [4.69, 9.17) is 4.74 Å². The van der Waals surface area contributed by atoms with Gasteiger partial charge in [-0.1, -0.05) is 19.3 Å². The fourth-order valence-corrected chi connectivity index (χ4v) is 3.12. The molecular weight excluding hydrogens is 186 g/mol. The Hall–Kier alpha value is -0.0800. The van der Waals surface area contributed by atoms with Gasteiger partial charge in [-0.05, 0) is 37.0 Å². The average molecular weight is 211 g/mol. The molecule has 2 fully saturated rings. The van der Waals surface area contributed by atoms with E-state index >= 15 is 0 Å². The van der Waals surface area contributed by atoms with Crippen molar-refractivity contribution in [1.82, 2.24) is 5.32 Å². The highest BCUT2D eigenvalue weighted by Gasteiger charge is 2.48. The lowest BCUT2D eigenvalue weighted by molar-refractivity contribution is 0.185. The smallest absolute Gasteiger partial charge is 0.0587 e. The van der Waals surface area contributed by atoms with Crippen LogP contribution < -0.4 is 5.32 Å². The first-order chi connectivity index (χ1) is 7.37. The number of methoxy groups -OCH3 is 1. The highest BCUT2D eigenvalue weighted by atomic mass is 16.5. The Labute approximate surface area is 93.8 Å². The van der Waals surface area contributed by atoms with E-state index in [9.17, 15) is 0 Å². The minimum Gasteiger partial charge on any atom is -0.383 e. The first kappa shape index (κ1) is 11.4. The molecule has 0 aromatic rings. The molecule has 0 radical (unpaired) electrons. The maximum atomic E-state index is 5.06. The Bertz CT molecular complexity index is 183. The molecule has 0 aromatic heterocycles. The lowest BCUT2D eigenvalue weighted by Crippen LogP contribution is -2.32. The van der Waals surface area contributed by atoms with Gasteiger partial charge in [0.1, 0.15) is 0 Å². The van der Waals surface area contributed by atoms with Crippen LogP contribution in [0, 0.1) is 11.3 Å². The van der Waals surface area contributed by atoms with Crippen molar-refractivity contribution >= 4 is 0 Å². The van der Waals surface area contributed by atoms with E-state index in [1.165, 1.54) is 51.5 Å². The van der Waals surface area contributed by atoms with Gasteiger partial charge >= 0.3 is 0 Å². The minimum atomic E-state index is 0.703. The van der Waals surface area contributed by atoms with Crippen molar-refractivity contribution < 1.29 is 4.74 Å². The van der Waals surface area contributed by atoms with Crippen LogP contribution in [0.1, 0.15) is 44.9 Å². The Kier molecular flexibility index (Phi) is 4.04. The molecule has 0 aromatic carbocycles. The minimum absolute atomic E-state index is 0.703. The van der Waals surface area contributed by atoms with Gasteiger partial charge in [0.2, 0.25) is 0 Å². The van der Waals surface area contributed by atoms with Gasteiger partial charge in [0.25, 0.3) is 0 Å². The second-order valence-corrected chi connectivity index (χ2v) is 5.37. The average Bonchev–Trinajstić information content (AvgIpc) is 3.07. The number of hydrogen-bond donors (Lipinski definition) is 1. The normalized spacial score (nSPS) is 25.4. The summed E-state index contributed by atoms with van der Waals surface area (Å²) in [5.41, 5.74) is 0.703. The van der Waals surface area contributed by atoms with E-state index in [1.807, 2.05) is 0 Å². The summed E-state index contributed by atoms with van der Waals surface area (Å²) in [4.78, 5) is 0. The topological polar surface area (TPSA) is 21.3 Å². The molecule has 15 heavy (non-hydrogen) atoms. The summed E-state index contributed by atoms with van der Waals surface area (Å²) in [7, 11) is 1.77. The summed E-state index contributed by atoms with van der Waals surface area (Å²) in [6.45, 7) is 3.10. The monoisotopic (exact) mass is 211 g/mol. The molecule has 0 heterocycles. The molecule has 88 valence electrons. The maximum Gasteiger partial charge on any atom is 0.0587 e. The zero-order valence-corrected chi connectivity index (χ0v) is 10.1. The second-order valence-electron chi connectivity index (χ2n) is 5.37. The van der Waals surface area contributed by atoms with E-state index in [2.05, 4.69) is 5.32 Å². The molecule has 0 aliphatic heterocycles. The number of hydrogen-bond acceptors (Lipinski definition) is 2. The number of ether oxygens (including phenoxy) is 1. The van der Waals surface area contributed by atoms with E-state index in [-0.39, 0.29) is 0 Å². The third-order valence-electron chi connectivity index (χ3n) is 4.32. The molecule has 0 unspecified atom stereocenters. The van der Waals surface area contributed by atoms with Crippen molar-refractivity contribution in [3.05, 3.63) is 0 Å². The van der Waals surface area contributed by atoms with Crippen LogP contribution in [0.5, 0.6) is 0 Å². The summed E-state index contributed by atoms with van der Waals surface area (Å²) < 4.78 is 5.06. The highest BCUT2D eigenvalue weighted by Crippen LogP contribution is 2.55. The fourth-order valence-electron chi connectivity index (χ4n) is 3.12. The predicted octanol–water partition coefficient (Wildman–Crippen LogP) is 2.58. The molecule has 2 heteroatoms. The van der Waals surface area contributed by atoms with Crippen molar-refractivity contribution in [2.45, 2.75) is 44.9 Å². The van der Waals surface area contributed by atoms with E-state index in [1.54, 1.807) is 7.11 Å². The third kappa shape index (κ3) is 2.94. The Morgan fingerprint density at radius 1 is 1.20 bits per heavy atom. The molecule has 0 bridgehead atoms. The zero-order valence-electron chi connectivity index (χ0n) is 10.1. The summed E-state index contributed by atoms with van der Waals surface area (Å²) in [6, 6.07) is 0. The van der Waals surface area contributed by atoms with Gasteiger partial charge in [-0.3, -0.25) is 0 Å². The molecule has 2 aliphatic rings. The van der Waals surface area contributed by atoms with E-state index < -0.39 is 0 Å². The van der Waals surface area contributed by atoms with Gasteiger partial charge in [-0.15, -0.1) is 0 Å². The molecule has 2 nitrogen and oxygen atoms in total. The lowest BCUT2D eigenvalue weighted by atomic mass is 9.77. The largest absolute Gasteiger partial charge is 0.383 e. The zero-order chi connectivity index (χ0) is 10.6. The van der Waals surface area contributed by atoms with Gasteiger partial charge in [0.05, 0.1) is 6.61 Å². The molecule has 0 amide bonds. The molecule has 2 rings (SSSR count). The molecule has 1 N–H and O–H groups in total. The van der Waals surface area contributed by atoms with Gasteiger partial charge in [-0.25, -0.2) is 0 Å². The molecule has 0 saturated heterocycles. The van der Waals surface area contributed by atoms with Crippen LogP contribution in [0.15, 0.2) is 0 Å². The van der Waals surface area contributed by atoms with Crippen molar-refractivity contribution in [1.29, 1.82) is 0 Å². The van der Waals surface area contributed by atoms with Crippen LogP contribution in [0.2, 0.25) is 0 Å². The van der Waals surface area contributed by atoms with Crippen LogP contribution in [0.25, 0.3) is 0 Å². The maximum absolute atomic E-state index is 5.06. The highest BCUT2D eigenvalue weighted by molar-refractivity contribution is 5.00. The van der Waals surface area contributed by atoms with Crippen LogP contribution in [-0.4, -0.2) is 26.8 Å². The summed E-state index contributed by atoms with van der Waals surface area (Å²) in [6.07, 6.45) is 10.4. The van der Waals surface area contributed by atoms with Gasteiger partial charge in [0, 0.05) is 20.2 Å². The first-order valence-corrected chi connectivity index (χ1v) is 6.57. The van der Waals surface area contributed by atoms with E-state index in [0.29, 0.717) is 5.41 Å². The molecule has 2 saturated carbocycles. The van der Waals surface area contributed by atoms with Gasteiger partial charge < -0.3 is 10.1 Å². The van der Waals surface area contributed by atoms with Crippen molar-refractivity contribution in [2.75, 3.05) is 26.8 Å². The summed E-state index contributed by atoms with van der Waals surface area (Å²) >= 11 is 0. The van der Waals surface area contributed by atoms with Crippen LogP contribution in [0.4, 0.5) is 0 Å². The number of rotatable bonds is 6. The standard InChI is InChI=1S/C13H25NO/c1-15-10-9-14-11-13(7-8-13)12-5-3-2-4-6-12/h12,14H,2-11H2,1H3. The third-order valence-corrected chi connectivity index (χ3v) is 4.32. The van der Waals surface area contributed by atoms with Gasteiger partial charge in [-0.2, -0.15) is 0 Å². The Morgan fingerprint density at radius 2 is 1.93 bits per heavy atom. The number of nitrogens with one attached hydrogen (secondary N) is 1. The quantitative estimate of drug-likeness (QED) is 0.682. The van der Waals surface area contributed by atoms with Crippen molar-refractivity contribution in [2.24, 2.45) is 11.3 Å². The van der Waals surface area contributed by atoms with Crippen molar-refractivity contribution in [3.63, 3.8) is 0 Å². The van der Waals surface area contributed by atoms with Crippen molar-refractivity contribution in [3.8, 4) is 0 Å². The van der Waals surface area contributed by atoms with Gasteiger partial charge in [0.15, 0.2) is 0 Å². The predicted molar refractivity (Wildman–Crippen MR) is 63.0 cm³/mol. The lowest BCUT2D eigenvalue weighted by Gasteiger charge is -2.30. The fraction of sp³-hybridized carbons (Fsp3) is 1.00. The van der Waals surface area contributed by atoms with E-state index in [0.717, 1.165) is 19.1 Å². The van der Waals surface area contributed by atoms with Crippen LogP contribution in [0.3, 0.4) is 0 Å². The molecular formula is C13H25NO. The first-order valence-electron chi connectivity index (χ1n) is 6.57. The molecule has 0 atom stereocenters. The summed E-state index contributed by atoms with van der Waals surface area (Å²) in [5, 5.41) is 3.56. The molecule has 0 spiro atoms. The Balaban J connectivity index is 1.69. The second kappa shape index (κ2) is 5.31.